The molecular weight excluding hydrogens is 320 g/mol. The van der Waals surface area contributed by atoms with Gasteiger partial charge in [-0.05, 0) is 25.0 Å². The minimum absolute atomic E-state index is 0.227. The molecule has 0 unspecified atom stereocenters. The summed E-state index contributed by atoms with van der Waals surface area (Å²) in [7, 11) is 0. The number of quaternary nitrogens is 1. The Bertz CT molecular complexity index is 669. The van der Waals surface area contributed by atoms with Crippen molar-refractivity contribution in [2.45, 2.75) is 31.7 Å². The molecular formula is C18H25N4OS+. The van der Waals surface area contributed by atoms with E-state index in [-0.39, 0.29) is 5.91 Å². The molecule has 2 N–H and O–H groups in total. The highest BCUT2D eigenvalue weighted by atomic mass is 32.1. The van der Waals surface area contributed by atoms with Crippen LogP contribution >= 0.6 is 11.3 Å². The van der Waals surface area contributed by atoms with E-state index in [9.17, 15) is 4.79 Å². The van der Waals surface area contributed by atoms with Crippen molar-refractivity contribution in [3.05, 3.63) is 24.3 Å². The predicted octanol–water partition coefficient (Wildman–Crippen LogP) is 1.06. The molecule has 4 rings (SSSR count). The van der Waals surface area contributed by atoms with E-state index in [0.29, 0.717) is 12.6 Å². The van der Waals surface area contributed by atoms with Crippen LogP contribution in [-0.4, -0.2) is 49.7 Å². The van der Waals surface area contributed by atoms with E-state index < -0.39 is 0 Å². The zero-order valence-corrected chi connectivity index (χ0v) is 14.8. The fourth-order valence-corrected chi connectivity index (χ4v) is 4.78. The Kier molecular flexibility index (Phi) is 4.67. The Morgan fingerprint density at radius 2 is 2.00 bits per heavy atom. The molecule has 0 atom stereocenters. The summed E-state index contributed by atoms with van der Waals surface area (Å²) in [5.74, 6) is 0.227. The molecule has 6 heteroatoms. The van der Waals surface area contributed by atoms with Crippen molar-refractivity contribution >= 4 is 32.6 Å². The van der Waals surface area contributed by atoms with Crippen LogP contribution in [0.4, 0.5) is 5.13 Å². The third-order valence-corrected chi connectivity index (χ3v) is 6.25. The fourth-order valence-electron chi connectivity index (χ4n) is 3.76. The lowest BCUT2D eigenvalue weighted by Crippen LogP contribution is -3.16. The van der Waals surface area contributed by atoms with Crippen LogP contribution in [0.5, 0.6) is 0 Å². The number of nitrogens with one attached hydrogen (secondary N) is 2. The zero-order valence-electron chi connectivity index (χ0n) is 14.0. The molecule has 2 heterocycles. The van der Waals surface area contributed by atoms with Gasteiger partial charge in [-0.1, -0.05) is 36.3 Å². The van der Waals surface area contributed by atoms with Gasteiger partial charge in [0.1, 0.15) is 0 Å². The highest BCUT2D eigenvalue weighted by Crippen LogP contribution is 2.28. The van der Waals surface area contributed by atoms with E-state index in [1.165, 1.54) is 22.4 Å². The van der Waals surface area contributed by atoms with Gasteiger partial charge in [0, 0.05) is 6.04 Å². The molecule has 1 aliphatic heterocycles. The Morgan fingerprint density at radius 1 is 1.25 bits per heavy atom. The number of fused-ring (bicyclic) bond motifs is 1. The van der Waals surface area contributed by atoms with Crippen molar-refractivity contribution < 1.29 is 9.69 Å². The SMILES string of the molecule is O=C(C[NH+]1CCN(c2nc3ccccc3s2)CC1)NC1CCCC1. The van der Waals surface area contributed by atoms with Gasteiger partial charge < -0.3 is 15.1 Å². The van der Waals surface area contributed by atoms with E-state index in [2.05, 4.69) is 28.4 Å². The number of piperazine rings is 1. The second-order valence-corrected chi connectivity index (χ2v) is 7.94. The Balaban J connectivity index is 1.29. The van der Waals surface area contributed by atoms with Crippen LogP contribution in [0.25, 0.3) is 10.2 Å². The van der Waals surface area contributed by atoms with Crippen molar-refractivity contribution in [1.82, 2.24) is 10.3 Å². The molecule has 0 radical (unpaired) electrons. The maximum absolute atomic E-state index is 12.2. The number of hydrogen-bond acceptors (Lipinski definition) is 4. The highest BCUT2D eigenvalue weighted by molar-refractivity contribution is 7.22. The van der Waals surface area contributed by atoms with Gasteiger partial charge in [-0.25, -0.2) is 4.98 Å². The van der Waals surface area contributed by atoms with Gasteiger partial charge >= 0.3 is 0 Å². The van der Waals surface area contributed by atoms with Gasteiger partial charge in [0.25, 0.3) is 5.91 Å². The minimum Gasteiger partial charge on any atom is -0.348 e. The first-order valence-corrected chi connectivity index (χ1v) is 9.83. The smallest absolute Gasteiger partial charge is 0.275 e. The lowest BCUT2D eigenvalue weighted by Gasteiger charge is -2.31. The first-order chi connectivity index (χ1) is 11.8. The summed E-state index contributed by atoms with van der Waals surface area (Å²) in [4.78, 5) is 20.7. The number of rotatable bonds is 4. The van der Waals surface area contributed by atoms with Crippen molar-refractivity contribution in [3.63, 3.8) is 0 Å². The monoisotopic (exact) mass is 345 g/mol. The average molecular weight is 345 g/mol. The first kappa shape index (κ1) is 15.8. The van der Waals surface area contributed by atoms with Crippen LogP contribution in [0, 0.1) is 0 Å². The Morgan fingerprint density at radius 3 is 2.75 bits per heavy atom. The molecule has 1 saturated heterocycles. The lowest BCUT2D eigenvalue weighted by atomic mass is 10.2. The number of aromatic nitrogens is 1. The Hall–Kier alpha value is -1.66. The van der Waals surface area contributed by atoms with Crippen LogP contribution in [0.1, 0.15) is 25.7 Å². The standard InChI is InChI=1S/C18H24N4OS/c23-17(19-14-5-1-2-6-14)13-21-9-11-22(12-10-21)18-20-15-7-3-4-8-16(15)24-18/h3-4,7-8,14H,1-2,5-6,9-13H2,(H,19,23)/p+1. The largest absolute Gasteiger partial charge is 0.348 e. The maximum atomic E-state index is 12.2. The second kappa shape index (κ2) is 7.07. The van der Waals surface area contributed by atoms with Gasteiger partial charge in [-0.2, -0.15) is 0 Å². The average Bonchev–Trinajstić information content (AvgIpc) is 3.24. The van der Waals surface area contributed by atoms with Gasteiger partial charge in [0.15, 0.2) is 11.7 Å². The molecule has 2 aromatic rings. The number of nitrogens with zero attached hydrogens (tertiary/aromatic N) is 2. The predicted molar refractivity (Wildman–Crippen MR) is 97.8 cm³/mol. The van der Waals surface area contributed by atoms with Crippen LogP contribution in [0.2, 0.25) is 0 Å². The quantitative estimate of drug-likeness (QED) is 0.871. The molecule has 1 saturated carbocycles. The molecule has 1 amide bonds. The Labute approximate surface area is 146 Å². The number of amides is 1. The zero-order chi connectivity index (χ0) is 16.4. The van der Waals surface area contributed by atoms with Crippen LogP contribution in [0.3, 0.4) is 0 Å². The molecule has 5 nitrogen and oxygen atoms in total. The normalized spacial score (nSPS) is 19.9. The minimum atomic E-state index is 0.227. The van der Waals surface area contributed by atoms with Gasteiger partial charge in [-0.3, -0.25) is 4.79 Å². The third kappa shape index (κ3) is 3.54. The lowest BCUT2D eigenvalue weighted by molar-refractivity contribution is -0.892. The van der Waals surface area contributed by atoms with Gasteiger partial charge in [0.2, 0.25) is 0 Å². The molecule has 0 bridgehead atoms. The number of hydrogen-bond donors (Lipinski definition) is 2. The molecule has 128 valence electrons. The van der Waals surface area contributed by atoms with E-state index in [1.54, 1.807) is 11.3 Å². The molecule has 1 aliphatic carbocycles. The second-order valence-electron chi connectivity index (χ2n) is 6.93. The van der Waals surface area contributed by atoms with E-state index >= 15 is 0 Å². The van der Waals surface area contributed by atoms with Crippen molar-refractivity contribution in [3.8, 4) is 0 Å². The number of anilines is 1. The number of carbonyl (C=O) groups is 1. The molecule has 1 aromatic carbocycles. The molecule has 0 spiro atoms. The summed E-state index contributed by atoms with van der Waals surface area (Å²) in [5, 5.41) is 4.32. The van der Waals surface area contributed by atoms with Crippen LogP contribution in [-0.2, 0) is 4.79 Å². The highest BCUT2D eigenvalue weighted by Gasteiger charge is 2.25. The van der Waals surface area contributed by atoms with Crippen molar-refractivity contribution in [1.29, 1.82) is 0 Å². The molecule has 2 aliphatic rings. The summed E-state index contributed by atoms with van der Waals surface area (Å²) in [6.45, 7) is 4.59. The molecule has 1 aromatic heterocycles. The number of thiazole rings is 1. The van der Waals surface area contributed by atoms with Crippen LogP contribution < -0.4 is 15.1 Å². The van der Waals surface area contributed by atoms with Gasteiger partial charge in [0.05, 0.1) is 36.4 Å². The number of carbonyl (C=O) groups excluding carboxylic acids is 1. The molecule has 24 heavy (non-hydrogen) atoms. The molecule has 2 fully saturated rings. The summed E-state index contributed by atoms with van der Waals surface area (Å²) in [6, 6.07) is 8.74. The summed E-state index contributed by atoms with van der Waals surface area (Å²) < 4.78 is 1.25. The first-order valence-electron chi connectivity index (χ1n) is 9.01. The number of benzene rings is 1. The van der Waals surface area contributed by atoms with E-state index in [4.69, 9.17) is 4.98 Å². The van der Waals surface area contributed by atoms with E-state index in [0.717, 1.165) is 49.7 Å². The summed E-state index contributed by atoms with van der Waals surface area (Å²) in [6.07, 6.45) is 4.84. The maximum Gasteiger partial charge on any atom is 0.275 e. The van der Waals surface area contributed by atoms with E-state index in [1.807, 2.05) is 6.07 Å². The summed E-state index contributed by atoms with van der Waals surface area (Å²) >= 11 is 1.77. The topological polar surface area (TPSA) is 49.7 Å². The summed E-state index contributed by atoms with van der Waals surface area (Å²) in [5.41, 5.74) is 1.09. The van der Waals surface area contributed by atoms with Crippen LogP contribution in [0.15, 0.2) is 24.3 Å². The third-order valence-electron chi connectivity index (χ3n) is 5.15. The fraction of sp³-hybridized carbons (Fsp3) is 0.556. The van der Waals surface area contributed by atoms with Crippen molar-refractivity contribution in [2.24, 2.45) is 0 Å². The van der Waals surface area contributed by atoms with Crippen molar-refractivity contribution in [2.75, 3.05) is 37.6 Å². The van der Waals surface area contributed by atoms with Gasteiger partial charge in [-0.15, -0.1) is 0 Å². The number of para-hydroxylation sites is 1.